The molecule has 2 aromatic rings. The molecule has 1 fully saturated rings. The summed E-state index contributed by atoms with van der Waals surface area (Å²) in [5.74, 6) is 1.20. The number of urea groups is 1. The zero-order valence-electron chi connectivity index (χ0n) is 11.7. The van der Waals surface area contributed by atoms with Crippen LogP contribution in [-0.4, -0.2) is 40.2 Å². The Morgan fingerprint density at radius 1 is 1.48 bits per heavy atom. The van der Waals surface area contributed by atoms with Gasteiger partial charge in [0, 0.05) is 31.4 Å². The molecule has 0 spiro atoms. The van der Waals surface area contributed by atoms with Gasteiger partial charge in [-0.3, -0.25) is 5.32 Å². The van der Waals surface area contributed by atoms with Crippen LogP contribution in [0.25, 0.3) is 0 Å². The van der Waals surface area contributed by atoms with Gasteiger partial charge in [-0.15, -0.1) is 0 Å². The van der Waals surface area contributed by atoms with Gasteiger partial charge in [-0.2, -0.15) is 0 Å². The number of aromatic nitrogens is 2. The molecule has 0 bridgehead atoms. The summed E-state index contributed by atoms with van der Waals surface area (Å²) < 4.78 is 4.98. The second-order valence-electron chi connectivity index (χ2n) is 5.05. The molecule has 2 N–H and O–H groups in total. The fourth-order valence-electron chi connectivity index (χ4n) is 2.33. The quantitative estimate of drug-likeness (QED) is 0.903. The Morgan fingerprint density at radius 2 is 2.38 bits per heavy atom. The summed E-state index contributed by atoms with van der Waals surface area (Å²) in [4.78, 5) is 18.1. The third-order valence-corrected chi connectivity index (χ3v) is 3.35. The normalized spacial score (nSPS) is 17.8. The van der Waals surface area contributed by atoms with Gasteiger partial charge < -0.3 is 14.7 Å². The number of nitrogens with zero attached hydrogens (tertiary/aromatic N) is 3. The first-order valence-electron chi connectivity index (χ1n) is 6.87. The van der Waals surface area contributed by atoms with Crippen molar-refractivity contribution in [3.8, 4) is 0 Å². The molecule has 7 nitrogen and oxygen atoms in total. The van der Waals surface area contributed by atoms with Crippen molar-refractivity contribution in [2.24, 2.45) is 0 Å². The number of pyridine rings is 1. The summed E-state index contributed by atoms with van der Waals surface area (Å²) in [5, 5.41) is 9.77. The molecule has 1 aliphatic heterocycles. The number of amides is 2. The fraction of sp³-hybridized carbons (Fsp3) is 0.357. The zero-order chi connectivity index (χ0) is 14.7. The summed E-state index contributed by atoms with van der Waals surface area (Å²) in [5.41, 5.74) is 0.737. The van der Waals surface area contributed by atoms with Crippen molar-refractivity contribution in [2.45, 2.75) is 19.4 Å². The molecule has 0 saturated carbocycles. The van der Waals surface area contributed by atoms with Crippen LogP contribution in [0.5, 0.6) is 0 Å². The third kappa shape index (κ3) is 3.31. The summed E-state index contributed by atoms with van der Waals surface area (Å²) in [6.45, 7) is 3.14. The summed E-state index contributed by atoms with van der Waals surface area (Å²) in [6.07, 6.45) is 2.63. The van der Waals surface area contributed by atoms with E-state index >= 15 is 0 Å². The fourth-order valence-corrected chi connectivity index (χ4v) is 2.33. The van der Waals surface area contributed by atoms with Crippen LogP contribution >= 0.6 is 0 Å². The highest BCUT2D eigenvalue weighted by atomic mass is 16.5. The van der Waals surface area contributed by atoms with Gasteiger partial charge in [0.1, 0.15) is 5.82 Å². The van der Waals surface area contributed by atoms with E-state index in [4.69, 9.17) is 4.52 Å². The lowest BCUT2D eigenvalue weighted by molar-refractivity contribution is 0.221. The van der Waals surface area contributed by atoms with Crippen LogP contribution < -0.4 is 10.6 Å². The topological polar surface area (TPSA) is 83.3 Å². The van der Waals surface area contributed by atoms with E-state index in [0.717, 1.165) is 17.9 Å². The minimum Gasteiger partial charge on any atom is -0.365 e. The number of anilines is 2. The minimum absolute atomic E-state index is 0.170. The van der Waals surface area contributed by atoms with Crippen LogP contribution in [0.2, 0.25) is 0 Å². The molecular weight excluding hydrogens is 270 g/mol. The second-order valence-corrected chi connectivity index (χ2v) is 5.05. The van der Waals surface area contributed by atoms with Crippen molar-refractivity contribution in [3.05, 3.63) is 36.2 Å². The molecule has 1 atom stereocenters. The molecule has 0 aromatic carbocycles. The van der Waals surface area contributed by atoms with Gasteiger partial charge in [0.15, 0.2) is 0 Å². The van der Waals surface area contributed by atoms with E-state index in [1.807, 2.05) is 25.1 Å². The van der Waals surface area contributed by atoms with Crippen molar-refractivity contribution in [1.82, 2.24) is 15.0 Å². The highest BCUT2D eigenvalue weighted by Crippen LogP contribution is 2.16. The van der Waals surface area contributed by atoms with E-state index in [1.54, 1.807) is 17.2 Å². The molecule has 1 aliphatic rings. The Bertz CT molecular complexity index is 613. The van der Waals surface area contributed by atoms with Crippen LogP contribution in [-0.2, 0) is 0 Å². The SMILES string of the molecule is Cc1cc(NC(=O)N2CCC(Nc3ccccn3)C2)on1. The van der Waals surface area contributed by atoms with Gasteiger partial charge in [0.05, 0.1) is 5.69 Å². The molecule has 1 saturated heterocycles. The van der Waals surface area contributed by atoms with E-state index in [1.165, 1.54) is 0 Å². The van der Waals surface area contributed by atoms with Crippen molar-refractivity contribution in [1.29, 1.82) is 0 Å². The average Bonchev–Trinajstić information content (AvgIpc) is 3.09. The van der Waals surface area contributed by atoms with Gasteiger partial charge in [0.25, 0.3) is 0 Å². The summed E-state index contributed by atoms with van der Waals surface area (Å²) >= 11 is 0. The number of carbonyl (C=O) groups excluding carboxylic acids is 1. The van der Waals surface area contributed by atoms with Crippen LogP contribution in [0.4, 0.5) is 16.5 Å². The minimum atomic E-state index is -0.170. The number of aryl methyl sites for hydroxylation is 1. The standard InChI is InChI=1S/C14H17N5O2/c1-10-8-13(21-18-10)17-14(20)19-7-5-11(9-19)16-12-4-2-3-6-15-12/h2-4,6,8,11H,5,7,9H2,1H3,(H,15,16)(H,17,20). The van der Waals surface area contributed by atoms with Crippen LogP contribution in [0, 0.1) is 6.92 Å². The zero-order valence-corrected chi connectivity index (χ0v) is 11.7. The Hall–Kier alpha value is -2.57. The first-order chi connectivity index (χ1) is 10.2. The third-order valence-electron chi connectivity index (χ3n) is 3.35. The van der Waals surface area contributed by atoms with Gasteiger partial charge in [-0.1, -0.05) is 11.2 Å². The van der Waals surface area contributed by atoms with E-state index in [0.29, 0.717) is 19.0 Å². The summed E-state index contributed by atoms with van der Waals surface area (Å²) in [6, 6.07) is 7.45. The van der Waals surface area contributed by atoms with Crippen molar-refractivity contribution in [3.63, 3.8) is 0 Å². The van der Waals surface area contributed by atoms with Crippen LogP contribution in [0.1, 0.15) is 12.1 Å². The first-order valence-corrected chi connectivity index (χ1v) is 6.87. The average molecular weight is 287 g/mol. The number of rotatable bonds is 3. The maximum absolute atomic E-state index is 12.1. The second kappa shape index (κ2) is 5.82. The van der Waals surface area contributed by atoms with Gasteiger partial charge in [-0.25, -0.2) is 9.78 Å². The molecule has 3 rings (SSSR count). The van der Waals surface area contributed by atoms with E-state index in [9.17, 15) is 4.79 Å². The van der Waals surface area contributed by atoms with E-state index in [-0.39, 0.29) is 12.1 Å². The molecule has 1 unspecified atom stereocenters. The number of nitrogens with one attached hydrogen (secondary N) is 2. The van der Waals surface area contributed by atoms with Gasteiger partial charge in [-0.05, 0) is 25.5 Å². The van der Waals surface area contributed by atoms with Crippen molar-refractivity contribution >= 4 is 17.7 Å². The predicted molar refractivity (Wildman–Crippen MR) is 78.1 cm³/mol. The lowest BCUT2D eigenvalue weighted by Gasteiger charge is -2.17. The lowest BCUT2D eigenvalue weighted by Crippen LogP contribution is -2.34. The molecule has 7 heteroatoms. The maximum Gasteiger partial charge on any atom is 0.324 e. The Balaban J connectivity index is 1.53. The molecule has 0 radical (unpaired) electrons. The van der Waals surface area contributed by atoms with E-state index in [2.05, 4.69) is 20.8 Å². The van der Waals surface area contributed by atoms with Crippen LogP contribution in [0.15, 0.2) is 35.0 Å². The first kappa shape index (κ1) is 13.4. The highest BCUT2D eigenvalue weighted by molar-refractivity contribution is 5.88. The highest BCUT2D eigenvalue weighted by Gasteiger charge is 2.26. The maximum atomic E-state index is 12.1. The molecular formula is C14H17N5O2. The lowest BCUT2D eigenvalue weighted by atomic mass is 10.2. The summed E-state index contributed by atoms with van der Waals surface area (Å²) in [7, 11) is 0. The predicted octanol–water partition coefficient (Wildman–Crippen LogP) is 2.10. The van der Waals surface area contributed by atoms with Crippen molar-refractivity contribution < 1.29 is 9.32 Å². The smallest absolute Gasteiger partial charge is 0.324 e. The molecule has 3 heterocycles. The molecule has 2 amide bonds. The monoisotopic (exact) mass is 287 g/mol. The Morgan fingerprint density at radius 3 is 3.10 bits per heavy atom. The van der Waals surface area contributed by atoms with Gasteiger partial charge >= 0.3 is 6.03 Å². The largest absolute Gasteiger partial charge is 0.365 e. The molecule has 110 valence electrons. The molecule has 21 heavy (non-hydrogen) atoms. The number of hydrogen-bond acceptors (Lipinski definition) is 5. The van der Waals surface area contributed by atoms with Gasteiger partial charge in [0.2, 0.25) is 5.88 Å². The molecule has 0 aliphatic carbocycles. The Labute approximate surface area is 122 Å². The molecule has 2 aromatic heterocycles. The van der Waals surface area contributed by atoms with E-state index < -0.39 is 0 Å². The van der Waals surface area contributed by atoms with Crippen molar-refractivity contribution in [2.75, 3.05) is 23.7 Å². The number of carbonyl (C=O) groups is 1. The number of likely N-dealkylation sites (tertiary alicyclic amines) is 1. The Kier molecular flexibility index (Phi) is 3.72. The van der Waals surface area contributed by atoms with Crippen LogP contribution in [0.3, 0.4) is 0 Å². The number of hydrogen-bond donors (Lipinski definition) is 2.